The number of rotatable bonds is 7. The number of halogens is 1. The maximum atomic E-state index is 14.8. The molecule has 0 radical (unpaired) electrons. The van der Waals surface area contributed by atoms with Gasteiger partial charge in [-0.05, 0) is 85.1 Å². The monoisotopic (exact) mass is 751 g/mol. The van der Waals surface area contributed by atoms with Gasteiger partial charge in [-0.15, -0.1) is 0 Å². The SMILES string of the molecule is CC(C)(C)OC(=O)N1CCN(c2cc(F)cc(OC3CCN(C(=O)c4ccc(O[C@H]5CCN(C(=O)OC(C)(C)C)C5)c(N5CCCCC5)c4)CC3)c2)CC1. The van der Waals surface area contributed by atoms with Crippen LogP contribution in [0.15, 0.2) is 36.4 Å². The quantitative estimate of drug-likeness (QED) is 0.298. The minimum Gasteiger partial charge on any atom is -0.490 e. The molecule has 12 nitrogen and oxygen atoms in total. The molecule has 3 amide bonds. The van der Waals surface area contributed by atoms with Crippen LogP contribution in [0.2, 0.25) is 0 Å². The fraction of sp³-hybridized carbons (Fsp3) is 0.634. The fourth-order valence-corrected chi connectivity index (χ4v) is 7.45. The van der Waals surface area contributed by atoms with Crippen molar-refractivity contribution < 1.29 is 37.7 Å². The summed E-state index contributed by atoms with van der Waals surface area (Å²) in [5, 5.41) is 0. The van der Waals surface area contributed by atoms with Gasteiger partial charge < -0.3 is 43.4 Å². The van der Waals surface area contributed by atoms with Crippen LogP contribution in [0.5, 0.6) is 11.5 Å². The van der Waals surface area contributed by atoms with Gasteiger partial charge in [0.25, 0.3) is 5.91 Å². The van der Waals surface area contributed by atoms with Crippen molar-refractivity contribution in [2.24, 2.45) is 0 Å². The lowest BCUT2D eigenvalue weighted by Gasteiger charge is -2.37. The summed E-state index contributed by atoms with van der Waals surface area (Å²) in [4.78, 5) is 48.6. The van der Waals surface area contributed by atoms with Gasteiger partial charge in [0, 0.05) is 102 Å². The summed E-state index contributed by atoms with van der Waals surface area (Å²) >= 11 is 0. The molecule has 1 atom stereocenters. The molecule has 2 aromatic carbocycles. The molecule has 0 saturated carbocycles. The summed E-state index contributed by atoms with van der Waals surface area (Å²) in [6, 6.07) is 10.5. The topological polar surface area (TPSA) is 104 Å². The second-order valence-corrected chi connectivity index (χ2v) is 16.9. The van der Waals surface area contributed by atoms with Gasteiger partial charge in [-0.3, -0.25) is 4.79 Å². The second kappa shape index (κ2) is 16.5. The van der Waals surface area contributed by atoms with Crippen LogP contribution in [0.4, 0.5) is 25.4 Å². The van der Waals surface area contributed by atoms with Crippen molar-refractivity contribution >= 4 is 29.5 Å². The smallest absolute Gasteiger partial charge is 0.410 e. The van der Waals surface area contributed by atoms with Gasteiger partial charge in [-0.1, -0.05) is 0 Å². The van der Waals surface area contributed by atoms with Crippen molar-refractivity contribution in [2.45, 2.75) is 103 Å². The lowest BCUT2D eigenvalue weighted by molar-refractivity contribution is 0.0237. The zero-order valence-corrected chi connectivity index (χ0v) is 32.9. The molecule has 4 saturated heterocycles. The lowest BCUT2D eigenvalue weighted by atomic mass is 10.0. The Balaban J connectivity index is 1.04. The summed E-state index contributed by atoms with van der Waals surface area (Å²) in [5.41, 5.74) is 1.13. The summed E-state index contributed by atoms with van der Waals surface area (Å²) in [6.45, 7) is 17.1. The van der Waals surface area contributed by atoms with Crippen LogP contribution in [-0.4, -0.2) is 122 Å². The van der Waals surface area contributed by atoms with Gasteiger partial charge in [0.1, 0.15) is 40.7 Å². The molecule has 4 aliphatic rings. The molecule has 4 fully saturated rings. The van der Waals surface area contributed by atoms with Crippen LogP contribution < -0.4 is 19.3 Å². The van der Waals surface area contributed by atoms with Crippen molar-refractivity contribution in [2.75, 3.05) is 75.2 Å². The van der Waals surface area contributed by atoms with E-state index >= 15 is 0 Å². The third kappa shape index (κ3) is 10.4. The zero-order chi connectivity index (χ0) is 38.6. The third-order valence-electron chi connectivity index (χ3n) is 10.2. The van der Waals surface area contributed by atoms with Crippen molar-refractivity contribution in [1.29, 1.82) is 0 Å². The molecule has 0 N–H and O–H groups in total. The molecule has 54 heavy (non-hydrogen) atoms. The van der Waals surface area contributed by atoms with E-state index in [1.54, 1.807) is 9.80 Å². The molecule has 4 heterocycles. The molecule has 296 valence electrons. The zero-order valence-electron chi connectivity index (χ0n) is 32.9. The molecular formula is C41H58FN5O7. The number of likely N-dealkylation sites (tertiary alicyclic amines) is 2. The lowest BCUT2D eigenvalue weighted by Crippen LogP contribution is -2.50. The van der Waals surface area contributed by atoms with E-state index < -0.39 is 11.2 Å². The Morgan fingerprint density at radius 3 is 1.89 bits per heavy atom. The van der Waals surface area contributed by atoms with E-state index in [9.17, 15) is 18.8 Å². The van der Waals surface area contributed by atoms with Crippen LogP contribution in [0.25, 0.3) is 0 Å². The first-order chi connectivity index (χ1) is 25.6. The number of benzene rings is 2. The summed E-state index contributed by atoms with van der Waals surface area (Å²) < 4.78 is 38.7. The first kappa shape index (κ1) is 39.3. The highest BCUT2D eigenvalue weighted by atomic mass is 19.1. The molecule has 2 aromatic rings. The Kier molecular flexibility index (Phi) is 12.0. The minimum atomic E-state index is -0.560. The summed E-state index contributed by atoms with van der Waals surface area (Å²) in [5.74, 6) is 0.780. The van der Waals surface area contributed by atoms with Crippen molar-refractivity contribution in [3.63, 3.8) is 0 Å². The average molecular weight is 752 g/mol. The molecule has 0 aliphatic carbocycles. The predicted octanol–water partition coefficient (Wildman–Crippen LogP) is 6.94. The Bertz CT molecular complexity index is 1640. The second-order valence-electron chi connectivity index (χ2n) is 16.9. The molecular weight excluding hydrogens is 693 g/mol. The maximum Gasteiger partial charge on any atom is 0.410 e. The molecule has 4 aliphatic heterocycles. The molecule has 0 unspecified atom stereocenters. The van der Waals surface area contributed by atoms with Gasteiger partial charge in [0.2, 0.25) is 0 Å². The predicted molar refractivity (Wildman–Crippen MR) is 205 cm³/mol. The fourth-order valence-electron chi connectivity index (χ4n) is 7.45. The Morgan fingerprint density at radius 2 is 1.24 bits per heavy atom. The number of hydrogen-bond donors (Lipinski definition) is 0. The van der Waals surface area contributed by atoms with E-state index in [4.69, 9.17) is 18.9 Å². The van der Waals surface area contributed by atoms with Gasteiger partial charge in [0.15, 0.2) is 0 Å². The first-order valence-corrected chi connectivity index (χ1v) is 19.6. The molecule has 13 heteroatoms. The van der Waals surface area contributed by atoms with Crippen molar-refractivity contribution in [3.8, 4) is 11.5 Å². The van der Waals surface area contributed by atoms with Crippen LogP contribution in [0.3, 0.4) is 0 Å². The number of piperidine rings is 2. The van der Waals surface area contributed by atoms with Crippen molar-refractivity contribution in [3.05, 3.63) is 47.8 Å². The highest BCUT2D eigenvalue weighted by Gasteiger charge is 2.33. The highest BCUT2D eigenvalue weighted by Crippen LogP contribution is 2.35. The van der Waals surface area contributed by atoms with Crippen LogP contribution in [0.1, 0.15) is 90.4 Å². The Morgan fingerprint density at radius 1 is 0.630 bits per heavy atom. The average Bonchev–Trinajstić information content (AvgIpc) is 3.59. The number of hydrogen-bond acceptors (Lipinski definition) is 9. The number of amides is 3. The standard InChI is InChI=1S/C41H58FN5O7/c1-40(2,3)53-38(49)46-22-20-43(21-23-46)31-25-30(42)26-34(27-31)51-32-12-17-45(18-13-32)37(48)29-10-11-36(35(24-29)44-15-8-7-9-16-44)52-33-14-19-47(28-33)39(50)54-41(4,5)6/h10-11,24-27,32-33H,7-9,12-23,28H2,1-6H3/t33-/m0/s1. The number of carbonyl (C=O) groups excluding carboxylic acids is 3. The van der Waals surface area contributed by atoms with Crippen LogP contribution in [-0.2, 0) is 9.47 Å². The summed E-state index contributed by atoms with van der Waals surface area (Å²) in [6.07, 6.45) is 4.33. The number of piperazine rings is 1. The normalized spacial score (nSPS) is 20.2. The van der Waals surface area contributed by atoms with E-state index in [2.05, 4.69) is 9.80 Å². The number of carbonyl (C=O) groups is 3. The Hall–Kier alpha value is -4.42. The van der Waals surface area contributed by atoms with E-state index in [1.807, 2.05) is 70.7 Å². The summed E-state index contributed by atoms with van der Waals surface area (Å²) in [7, 11) is 0. The van der Waals surface area contributed by atoms with Gasteiger partial charge in [0.05, 0.1) is 12.2 Å². The van der Waals surface area contributed by atoms with E-state index in [0.717, 1.165) is 37.4 Å². The third-order valence-corrected chi connectivity index (χ3v) is 10.2. The van der Waals surface area contributed by atoms with Crippen LogP contribution >= 0.6 is 0 Å². The van der Waals surface area contributed by atoms with Gasteiger partial charge >= 0.3 is 12.2 Å². The molecule has 0 spiro atoms. The van der Waals surface area contributed by atoms with E-state index in [0.29, 0.717) is 88.6 Å². The minimum absolute atomic E-state index is 0.0335. The maximum absolute atomic E-state index is 14.8. The largest absolute Gasteiger partial charge is 0.490 e. The highest BCUT2D eigenvalue weighted by molar-refractivity contribution is 5.96. The number of ether oxygens (including phenoxy) is 4. The number of anilines is 2. The van der Waals surface area contributed by atoms with Gasteiger partial charge in [-0.2, -0.15) is 0 Å². The molecule has 6 rings (SSSR count). The van der Waals surface area contributed by atoms with Crippen LogP contribution in [0, 0.1) is 5.82 Å². The van der Waals surface area contributed by atoms with Gasteiger partial charge in [-0.25, -0.2) is 14.0 Å². The Labute approximate surface area is 319 Å². The van der Waals surface area contributed by atoms with Crippen molar-refractivity contribution in [1.82, 2.24) is 14.7 Å². The number of nitrogens with zero attached hydrogens (tertiary/aromatic N) is 5. The molecule has 0 aromatic heterocycles. The first-order valence-electron chi connectivity index (χ1n) is 19.6. The van der Waals surface area contributed by atoms with E-state index in [1.165, 1.54) is 18.6 Å². The van der Waals surface area contributed by atoms with E-state index in [-0.39, 0.29) is 36.1 Å². The molecule has 0 bridgehead atoms.